The molecular formula is C13H19NO4. The lowest BCUT2D eigenvalue weighted by Gasteiger charge is -2.22. The van der Waals surface area contributed by atoms with Gasteiger partial charge in [-0.2, -0.15) is 0 Å². The largest absolute Gasteiger partial charge is 0.490 e. The molecule has 100 valence electrons. The van der Waals surface area contributed by atoms with Gasteiger partial charge in [-0.15, -0.1) is 0 Å². The molecule has 0 bridgehead atoms. The van der Waals surface area contributed by atoms with Crippen LogP contribution in [-0.4, -0.2) is 31.8 Å². The van der Waals surface area contributed by atoms with E-state index in [1.54, 1.807) is 19.1 Å². The third-order valence-corrected chi connectivity index (χ3v) is 2.33. The SMILES string of the molecule is CCOc1ccccc1OCC(C)(N)C(=O)OC. The Kier molecular flexibility index (Phi) is 4.97. The van der Waals surface area contributed by atoms with Crippen LogP contribution in [0, 0.1) is 0 Å². The highest BCUT2D eigenvalue weighted by atomic mass is 16.5. The van der Waals surface area contributed by atoms with Gasteiger partial charge in [0.25, 0.3) is 0 Å². The number of methoxy groups -OCH3 is 1. The van der Waals surface area contributed by atoms with Crippen LogP contribution in [0.2, 0.25) is 0 Å². The standard InChI is InChI=1S/C13H19NO4/c1-4-17-10-7-5-6-8-11(10)18-9-13(2,14)12(15)16-3/h5-8H,4,9,14H2,1-3H3. The lowest BCUT2D eigenvalue weighted by molar-refractivity contribution is -0.147. The fourth-order valence-corrected chi connectivity index (χ4v) is 1.36. The van der Waals surface area contributed by atoms with E-state index in [0.29, 0.717) is 18.1 Å². The number of carbonyl (C=O) groups is 1. The van der Waals surface area contributed by atoms with Crippen LogP contribution in [0.25, 0.3) is 0 Å². The molecule has 0 aliphatic heterocycles. The monoisotopic (exact) mass is 253 g/mol. The molecule has 0 aliphatic rings. The number of para-hydroxylation sites is 2. The van der Waals surface area contributed by atoms with E-state index < -0.39 is 11.5 Å². The van der Waals surface area contributed by atoms with Crippen LogP contribution in [0.3, 0.4) is 0 Å². The maximum absolute atomic E-state index is 11.4. The quantitative estimate of drug-likeness (QED) is 0.775. The summed E-state index contributed by atoms with van der Waals surface area (Å²) in [6, 6.07) is 7.23. The van der Waals surface area contributed by atoms with E-state index in [-0.39, 0.29) is 6.61 Å². The second-order valence-electron chi connectivity index (χ2n) is 4.08. The number of hydrogen-bond donors (Lipinski definition) is 1. The van der Waals surface area contributed by atoms with Gasteiger partial charge in [-0.3, -0.25) is 0 Å². The van der Waals surface area contributed by atoms with Crippen molar-refractivity contribution in [2.24, 2.45) is 5.73 Å². The van der Waals surface area contributed by atoms with Gasteiger partial charge < -0.3 is 19.9 Å². The zero-order valence-corrected chi connectivity index (χ0v) is 10.9. The second kappa shape index (κ2) is 6.26. The molecule has 18 heavy (non-hydrogen) atoms. The lowest BCUT2D eigenvalue weighted by Crippen LogP contribution is -2.50. The van der Waals surface area contributed by atoms with Gasteiger partial charge >= 0.3 is 5.97 Å². The van der Waals surface area contributed by atoms with Crippen LogP contribution >= 0.6 is 0 Å². The Morgan fingerprint density at radius 2 is 1.83 bits per heavy atom. The van der Waals surface area contributed by atoms with Crippen molar-refractivity contribution in [3.8, 4) is 11.5 Å². The zero-order chi connectivity index (χ0) is 13.6. The number of hydrogen-bond acceptors (Lipinski definition) is 5. The fourth-order valence-electron chi connectivity index (χ4n) is 1.36. The molecule has 0 spiro atoms. The van der Waals surface area contributed by atoms with E-state index in [2.05, 4.69) is 4.74 Å². The minimum absolute atomic E-state index is 0.0176. The summed E-state index contributed by atoms with van der Waals surface area (Å²) < 4.78 is 15.5. The maximum Gasteiger partial charge on any atom is 0.329 e. The molecule has 0 aliphatic carbocycles. The summed E-state index contributed by atoms with van der Waals surface area (Å²) in [5, 5.41) is 0. The predicted octanol–water partition coefficient (Wildman–Crippen LogP) is 1.35. The van der Waals surface area contributed by atoms with Crippen molar-refractivity contribution in [2.45, 2.75) is 19.4 Å². The van der Waals surface area contributed by atoms with Crippen LogP contribution in [0.1, 0.15) is 13.8 Å². The van der Waals surface area contributed by atoms with E-state index in [4.69, 9.17) is 15.2 Å². The number of ether oxygens (including phenoxy) is 3. The molecule has 0 heterocycles. The molecule has 1 rings (SSSR count). The van der Waals surface area contributed by atoms with Crippen molar-refractivity contribution in [1.29, 1.82) is 0 Å². The Morgan fingerprint density at radius 3 is 2.33 bits per heavy atom. The third-order valence-electron chi connectivity index (χ3n) is 2.33. The number of carbonyl (C=O) groups excluding carboxylic acids is 1. The summed E-state index contributed by atoms with van der Waals surface area (Å²) in [5.74, 6) is 0.664. The van der Waals surface area contributed by atoms with Crippen molar-refractivity contribution in [2.75, 3.05) is 20.3 Å². The van der Waals surface area contributed by atoms with Crippen molar-refractivity contribution in [1.82, 2.24) is 0 Å². The first-order chi connectivity index (χ1) is 8.51. The highest BCUT2D eigenvalue weighted by molar-refractivity contribution is 5.80. The molecule has 1 unspecified atom stereocenters. The molecule has 0 radical (unpaired) electrons. The molecule has 2 N–H and O–H groups in total. The van der Waals surface area contributed by atoms with Crippen molar-refractivity contribution in [3.05, 3.63) is 24.3 Å². The molecule has 0 saturated carbocycles. The van der Waals surface area contributed by atoms with Crippen molar-refractivity contribution >= 4 is 5.97 Å². The average Bonchev–Trinajstić information content (AvgIpc) is 2.37. The number of esters is 1. The zero-order valence-electron chi connectivity index (χ0n) is 10.9. The molecule has 0 amide bonds. The van der Waals surface area contributed by atoms with Gasteiger partial charge in [-0.05, 0) is 26.0 Å². The Hall–Kier alpha value is -1.75. The minimum Gasteiger partial charge on any atom is -0.490 e. The molecule has 5 nitrogen and oxygen atoms in total. The molecule has 1 atom stereocenters. The summed E-state index contributed by atoms with van der Waals surface area (Å²) in [6.45, 7) is 4.00. The van der Waals surface area contributed by atoms with Gasteiger partial charge in [-0.1, -0.05) is 12.1 Å². The third kappa shape index (κ3) is 3.63. The molecule has 1 aromatic carbocycles. The fraction of sp³-hybridized carbons (Fsp3) is 0.462. The Morgan fingerprint density at radius 1 is 1.28 bits per heavy atom. The summed E-state index contributed by atoms with van der Waals surface area (Å²) >= 11 is 0. The van der Waals surface area contributed by atoms with E-state index in [1.807, 2.05) is 19.1 Å². The second-order valence-corrected chi connectivity index (χ2v) is 4.08. The van der Waals surface area contributed by atoms with Crippen LogP contribution < -0.4 is 15.2 Å². The van der Waals surface area contributed by atoms with Crippen LogP contribution in [0.4, 0.5) is 0 Å². The van der Waals surface area contributed by atoms with E-state index in [0.717, 1.165) is 0 Å². The van der Waals surface area contributed by atoms with Gasteiger partial charge in [0, 0.05) is 0 Å². The smallest absolute Gasteiger partial charge is 0.329 e. The molecule has 1 aromatic rings. The van der Waals surface area contributed by atoms with E-state index >= 15 is 0 Å². The molecular weight excluding hydrogens is 234 g/mol. The molecule has 5 heteroatoms. The normalized spacial score (nSPS) is 13.6. The minimum atomic E-state index is -1.19. The molecule has 0 saturated heterocycles. The van der Waals surface area contributed by atoms with Crippen LogP contribution in [0.15, 0.2) is 24.3 Å². The first-order valence-electron chi connectivity index (χ1n) is 5.73. The van der Waals surface area contributed by atoms with Gasteiger partial charge in [0.2, 0.25) is 0 Å². The highest BCUT2D eigenvalue weighted by Gasteiger charge is 2.30. The number of rotatable bonds is 6. The first-order valence-corrected chi connectivity index (χ1v) is 5.73. The summed E-state index contributed by atoms with van der Waals surface area (Å²) in [6.07, 6.45) is 0. The van der Waals surface area contributed by atoms with Gasteiger partial charge in [0.15, 0.2) is 11.5 Å². The van der Waals surface area contributed by atoms with Gasteiger partial charge in [0.1, 0.15) is 12.1 Å². The van der Waals surface area contributed by atoms with E-state index in [9.17, 15) is 4.79 Å². The summed E-state index contributed by atoms with van der Waals surface area (Å²) in [5.41, 5.74) is 4.62. The summed E-state index contributed by atoms with van der Waals surface area (Å²) in [4.78, 5) is 11.4. The Labute approximate surface area is 107 Å². The lowest BCUT2D eigenvalue weighted by atomic mass is 10.1. The van der Waals surface area contributed by atoms with Crippen LogP contribution in [0.5, 0.6) is 11.5 Å². The summed E-state index contributed by atoms with van der Waals surface area (Å²) in [7, 11) is 1.29. The van der Waals surface area contributed by atoms with Gasteiger partial charge in [0.05, 0.1) is 13.7 Å². The number of nitrogens with two attached hydrogens (primary N) is 1. The first kappa shape index (κ1) is 14.3. The molecule has 0 aromatic heterocycles. The van der Waals surface area contributed by atoms with Crippen molar-refractivity contribution in [3.63, 3.8) is 0 Å². The van der Waals surface area contributed by atoms with Crippen molar-refractivity contribution < 1.29 is 19.0 Å². The Bertz CT molecular complexity index is 404. The Balaban J connectivity index is 2.71. The highest BCUT2D eigenvalue weighted by Crippen LogP contribution is 2.26. The van der Waals surface area contributed by atoms with Gasteiger partial charge in [-0.25, -0.2) is 4.79 Å². The maximum atomic E-state index is 11.4. The molecule has 0 fully saturated rings. The topological polar surface area (TPSA) is 70.8 Å². The average molecular weight is 253 g/mol. The van der Waals surface area contributed by atoms with E-state index in [1.165, 1.54) is 7.11 Å². The predicted molar refractivity (Wildman–Crippen MR) is 67.7 cm³/mol. The van der Waals surface area contributed by atoms with Crippen LogP contribution in [-0.2, 0) is 9.53 Å². The number of benzene rings is 1.